The highest BCUT2D eigenvalue weighted by molar-refractivity contribution is 5.98. The van der Waals surface area contributed by atoms with Crippen molar-refractivity contribution < 1.29 is 19.1 Å². The Balaban J connectivity index is 1.61. The molecule has 1 aliphatic heterocycles. The molecule has 2 amide bonds. The maximum atomic E-state index is 12.7. The molecule has 1 saturated heterocycles. The molecule has 1 aliphatic rings. The number of aromatic nitrogens is 2. The molecule has 0 aliphatic carbocycles. The van der Waals surface area contributed by atoms with E-state index in [0.29, 0.717) is 43.3 Å². The molecular weight excluding hydrogens is 384 g/mol. The number of ether oxygens (including phenoxy) is 2. The summed E-state index contributed by atoms with van der Waals surface area (Å²) in [5.74, 6) is 0.248. The lowest BCUT2D eigenvalue weighted by molar-refractivity contribution is -0.124. The number of fused-ring (bicyclic) bond motifs is 1. The number of hydrogen-bond donors (Lipinski definition) is 2. The minimum atomic E-state index is -0.440. The fourth-order valence-electron chi connectivity index (χ4n) is 3.45. The topological polar surface area (TPSA) is 94.0 Å². The van der Waals surface area contributed by atoms with E-state index in [0.717, 1.165) is 17.6 Å². The largest absolute Gasteiger partial charge is 0.383 e. The highest BCUT2D eigenvalue weighted by Gasteiger charge is 2.26. The zero-order chi connectivity index (χ0) is 20.9. The molecule has 156 valence electrons. The summed E-state index contributed by atoms with van der Waals surface area (Å²) >= 11 is 0. The number of carbonyl (C=O) groups is 2. The van der Waals surface area contributed by atoms with Gasteiger partial charge in [-0.25, -0.2) is 4.98 Å². The van der Waals surface area contributed by atoms with E-state index in [-0.39, 0.29) is 11.8 Å². The number of anilines is 1. The van der Waals surface area contributed by atoms with E-state index in [2.05, 4.69) is 15.6 Å². The summed E-state index contributed by atoms with van der Waals surface area (Å²) < 4.78 is 12.3. The van der Waals surface area contributed by atoms with E-state index in [9.17, 15) is 9.59 Å². The van der Waals surface area contributed by atoms with Gasteiger partial charge in [-0.05, 0) is 37.1 Å². The maximum absolute atomic E-state index is 12.7. The first-order chi connectivity index (χ1) is 14.7. The number of rotatable bonds is 7. The van der Waals surface area contributed by atoms with Gasteiger partial charge in [0.15, 0.2) is 0 Å². The fraction of sp³-hybridized carbons (Fsp3) is 0.318. The van der Waals surface area contributed by atoms with Crippen molar-refractivity contribution in [2.75, 3.05) is 32.2 Å². The predicted octanol–water partition coefficient (Wildman–Crippen LogP) is 2.50. The van der Waals surface area contributed by atoms with Gasteiger partial charge in [-0.15, -0.1) is 0 Å². The molecule has 0 bridgehead atoms. The Hall–Kier alpha value is -3.23. The lowest BCUT2D eigenvalue weighted by Gasteiger charge is -2.12. The van der Waals surface area contributed by atoms with Gasteiger partial charge in [0, 0.05) is 37.6 Å². The van der Waals surface area contributed by atoms with Gasteiger partial charge in [0.2, 0.25) is 0 Å². The van der Waals surface area contributed by atoms with Gasteiger partial charge < -0.3 is 20.1 Å². The first-order valence-electron chi connectivity index (χ1n) is 9.94. The number of nitrogens with one attached hydrogen (secondary N) is 2. The van der Waals surface area contributed by atoms with Crippen LogP contribution in [0.1, 0.15) is 23.2 Å². The molecule has 8 nitrogen and oxygen atoms in total. The lowest BCUT2D eigenvalue weighted by atomic mass is 10.1. The first-order valence-corrected chi connectivity index (χ1v) is 9.94. The third-order valence-corrected chi connectivity index (χ3v) is 5.01. The SMILES string of the molecule is COCCNC(=O)c1ccc(-c2nc3ccccn3c2NC(=O)C2CCCO2)cc1. The molecule has 2 aromatic heterocycles. The van der Waals surface area contributed by atoms with E-state index in [1.165, 1.54) is 0 Å². The average Bonchev–Trinajstić information content (AvgIpc) is 3.43. The number of hydrogen-bond acceptors (Lipinski definition) is 5. The molecule has 1 aromatic carbocycles. The van der Waals surface area contributed by atoms with Crippen molar-refractivity contribution in [3.05, 3.63) is 54.2 Å². The van der Waals surface area contributed by atoms with Gasteiger partial charge >= 0.3 is 0 Å². The van der Waals surface area contributed by atoms with Crippen LogP contribution in [0.15, 0.2) is 48.7 Å². The number of amides is 2. The Morgan fingerprint density at radius 2 is 2.07 bits per heavy atom. The van der Waals surface area contributed by atoms with E-state index in [4.69, 9.17) is 9.47 Å². The second-order valence-electron chi connectivity index (χ2n) is 7.05. The highest BCUT2D eigenvalue weighted by atomic mass is 16.5. The Morgan fingerprint density at radius 1 is 1.23 bits per heavy atom. The van der Waals surface area contributed by atoms with Crippen LogP contribution in [0.4, 0.5) is 5.82 Å². The van der Waals surface area contributed by atoms with Crippen molar-refractivity contribution in [3.63, 3.8) is 0 Å². The van der Waals surface area contributed by atoms with Crippen LogP contribution in [-0.4, -0.2) is 54.2 Å². The minimum Gasteiger partial charge on any atom is -0.383 e. The van der Waals surface area contributed by atoms with E-state index in [1.54, 1.807) is 19.2 Å². The van der Waals surface area contributed by atoms with Gasteiger partial charge in [0.05, 0.1) is 6.61 Å². The van der Waals surface area contributed by atoms with E-state index in [1.807, 2.05) is 40.9 Å². The quantitative estimate of drug-likeness (QED) is 0.586. The minimum absolute atomic E-state index is 0.166. The van der Waals surface area contributed by atoms with Gasteiger partial charge in [0.1, 0.15) is 23.3 Å². The summed E-state index contributed by atoms with van der Waals surface area (Å²) in [5.41, 5.74) is 2.70. The second-order valence-corrected chi connectivity index (χ2v) is 7.05. The van der Waals surface area contributed by atoms with Crippen LogP contribution in [0, 0.1) is 0 Å². The normalized spacial score (nSPS) is 16.0. The molecule has 30 heavy (non-hydrogen) atoms. The smallest absolute Gasteiger partial charge is 0.254 e. The number of pyridine rings is 1. The van der Waals surface area contributed by atoms with Crippen LogP contribution in [0.5, 0.6) is 0 Å². The summed E-state index contributed by atoms with van der Waals surface area (Å²) in [6.07, 6.45) is 3.01. The zero-order valence-electron chi connectivity index (χ0n) is 16.8. The number of carbonyl (C=O) groups excluding carboxylic acids is 2. The Bertz CT molecular complexity index is 1040. The fourth-order valence-corrected chi connectivity index (χ4v) is 3.45. The molecule has 4 rings (SSSR count). The Morgan fingerprint density at radius 3 is 2.80 bits per heavy atom. The molecular formula is C22H24N4O4. The summed E-state index contributed by atoms with van der Waals surface area (Å²) in [4.78, 5) is 29.6. The molecule has 0 radical (unpaired) electrons. The van der Waals surface area contributed by atoms with Crippen LogP contribution in [-0.2, 0) is 14.3 Å². The van der Waals surface area contributed by atoms with Crippen molar-refractivity contribution in [2.45, 2.75) is 18.9 Å². The third kappa shape index (κ3) is 4.19. The number of nitrogens with zero attached hydrogens (tertiary/aromatic N) is 2. The molecule has 0 spiro atoms. The third-order valence-electron chi connectivity index (χ3n) is 5.01. The van der Waals surface area contributed by atoms with Crippen LogP contribution >= 0.6 is 0 Å². The van der Waals surface area contributed by atoms with Crippen LogP contribution < -0.4 is 10.6 Å². The first kappa shape index (κ1) is 20.1. The van der Waals surface area contributed by atoms with Gasteiger partial charge in [-0.1, -0.05) is 18.2 Å². The maximum Gasteiger partial charge on any atom is 0.254 e. The van der Waals surface area contributed by atoms with Gasteiger partial charge in [-0.3, -0.25) is 14.0 Å². The molecule has 2 N–H and O–H groups in total. The molecule has 3 heterocycles. The lowest BCUT2D eigenvalue weighted by Crippen LogP contribution is -2.27. The van der Waals surface area contributed by atoms with Crippen molar-refractivity contribution in [3.8, 4) is 11.3 Å². The van der Waals surface area contributed by atoms with E-state index >= 15 is 0 Å². The summed E-state index contributed by atoms with van der Waals surface area (Å²) in [5, 5.41) is 5.78. The molecule has 8 heteroatoms. The zero-order valence-corrected chi connectivity index (χ0v) is 16.8. The summed E-state index contributed by atoms with van der Waals surface area (Å²) in [7, 11) is 1.59. The average molecular weight is 408 g/mol. The molecule has 1 fully saturated rings. The number of imidazole rings is 1. The van der Waals surface area contributed by atoms with E-state index < -0.39 is 6.10 Å². The number of benzene rings is 1. The van der Waals surface area contributed by atoms with Gasteiger partial charge in [0.25, 0.3) is 11.8 Å². The summed E-state index contributed by atoms with van der Waals surface area (Å²) in [6, 6.07) is 12.8. The highest BCUT2D eigenvalue weighted by Crippen LogP contribution is 2.29. The standard InChI is InChI=1S/C22H24N4O4/c1-29-14-11-23-21(27)16-9-7-15(8-10-16)19-20(25-22(28)17-5-4-13-30-17)26-12-3-2-6-18(26)24-19/h2-3,6-10,12,17H,4-5,11,13-14H2,1H3,(H,23,27)(H,25,28). The van der Waals surface area contributed by atoms with Crippen LogP contribution in [0.25, 0.3) is 16.9 Å². The predicted molar refractivity (Wildman–Crippen MR) is 112 cm³/mol. The molecule has 0 saturated carbocycles. The summed E-state index contributed by atoms with van der Waals surface area (Å²) in [6.45, 7) is 1.51. The van der Waals surface area contributed by atoms with Crippen molar-refractivity contribution >= 4 is 23.3 Å². The van der Waals surface area contributed by atoms with Crippen LogP contribution in [0.2, 0.25) is 0 Å². The molecule has 1 atom stereocenters. The monoisotopic (exact) mass is 408 g/mol. The Kier molecular flexibility index (Phi) is 6.06. The molecule has 1 unspecified atom stereocenters. The van der Waals surface area contributed by atoms with Crippen molar-refractivity contribution in [1.82, 2.24) is 14.7 Å². The van der Waals surface area contributed by atoms with Gasteiger partial charge in [-0.2, -0.15) is 0 Å². The van der Waals surface area contributed by atoms with Crippen molar-refractivity contribution in [1.29, 1.82) is 0 Å². The second kappa shape index (κ2) is 9.06. The van der Waals surface area contributed by atoms with Crippen LogP contribution in [0.3, 0.4) is 0 Å². The molecule has 3 aromatic rings. The Labute approximate surface area is 174 Å². The van der Waals surface area contributed by atoms with Crippen molar-refractivity contribution in [2.24, 2.45) is 0 Å². The number of methoxy groups -OCH3 is 1.